The summed E-state index contributed by atoms with van der Waals surface area (Å²) in [7, 11) is 1.65. The lowest BCUT2D eigenvalue weighted by atomic mass is 10.2. The molecule has 0 spiro atoms. The molecule has 0 saturated heterocycles. The molecule has 3 aromatic rings. The van der Waals surface area contributed by atoms with Gasteiger partial charge >= 0.3 is 0 Å². The summed E-state index contributed by atoms with van der Waals surface area (Å²) < 4.78 is 11.9. The molecule has 0 atom stereocenters. The van der Waals surface area contributed by atoms with Gasteiger partial charge in [0.2, 0.25) is 0 Å². The minimum atomic E-state index is 0.467. The van der Waals surface area contributed by atoms with Crippen molar-refractivity contribution in [3.8, 4) is 11.5 Å². The minimum absolute atomic E-state index is 0.467. The zero-order chi connectivity index (χ0) is 15.5. The van der Waals surface area contributed by atoms with Crippen LogP contribution in [-0.4, -0.2) is 12.1 Å². The van der Waals surface area contributed by atoms with Crippen LogP contribution >= 0.6 is 27.5 Å². The fraction of sp³-hybridized carbons (Fsp3) is 0.118. The van der Waals surface area contributed by atoms with Crippen molar-refractivity contribution in [1.82, 2.24) is 4.98 Å². The summed E-state index contributed by atoms with van der Waals surface area (Å²) >= 11 is 9.69. The molecule has 0 amide bonds. The fourth-order valence-corrected chi connectivity index (χ4v) is 2.77. The maximum absolute atomic E-state index is 6.17. The van der Waals surface area contributed by atoms with Crippen LogP contribution in [0.4, 0.5) is 0 Å². The van der Waals surface area contributed by atoms with Crippen LogP contribution in [-0.2, 0) is 6.61 Å². The van der Waals surface area contributed by atoms with Crippen molar-refractivity contribution in [3.05, 3.63) is 63.7 Å². The lowest BCUT2D eigenvalue weighted by Gasteiger charge is -2.10. The molecule has 3 rings (SSSR count). The number of aromatic nitrogens is 1. The first kappa shape index (κ1) is 15.1. The van der Waals surface area contributed by atoms with Crippen molar-refractivity contribution in [2.75, 3.05) is 7.11 Å². The molecule has 0 aliphatic heterocycles. The lowest BCUT2D eigenvalue weighted by molar-refractivity contribution is 0.304. The van der Waals surface area contributed by atoms with Crippen LogP contribution in [0.3, 0.4) is 0 Å². The maximum atomic E-state index is 6.17. The molecule has 0 fully saturated rings. The number of hydrogen-bond acceptors (Lipinski definition) is 3. The number of benzene rings is 2. The summed E-state index contributed by atoms with van der Waals surface area (Å²) in [5.41, 5.74) is 1.87. The molecular formula is C17H13BrClNO2. The van der Waals surface area contributed by atoms with Gasteiger partial charge in [0.15, 0.2) is 0 Å². The average molecular weight is 379 g/mol. The summed E-state index contributed by atoms with van der Waals surface area (Å²) in [5.74, 6) is 1.56. The van der Waals surface area contributed by atoms with Crippen LogP contribution in [0.25, 0.3) is 10.9 Å². The number of nitrogens with zero attached hydrogens (tertiary/aromatic N) is 1. The SMILES string of the molecule is COc1ccc(COc2cc3nccc(Cl)c3cc2Br)cc1. The second kappa shape index (κ2) is 6.55. The molecule has 0 N–H and O–H groups in total. The van der Waals surface area contributed by atoms with E-state index in [9.17, 15) is 0 Å². The second-order valence-electron chi connectivity index (χ2n) is 4.73. The molecule has 5 heteroatoms. The number of ether oxygens (including phenoxy) is 2. The fourth-order valence-electron chi connectivity index (χ4n) is 2.11. The number of methoxy groups -OCH3 is 1. The van der Waals surface area contributed by atoms with Crippen LogP contribution in [0, 0.1) is 0 Å². The van der Waals surface area contributed by atoms with E-state index in [1.54, 1.807) is 19.4 Å². The van der Waals surface area contributed by atoms with Gasteiger partial charge in [-0.2, -0.15) is 0 Å². The first-order chi connectivity index (χ1) is 10.7. The summed E-state index contributed by atoms with van der Waals surface area (Å²) in [4.78, 5) is 4.32. The third kappa shape index (κ3) is 3.18. The number of pyridine rings is 1. The van der Waals surface area contributed by atoms with Crippen molar-refractivity contribution < 1.29 is 9.47 Å². The van der Waals surface area contributed by atoms with E-state index in [4.69, 9.17) is 21.1 Å². The zero-order valence-electron chi connectivity index (χ0n) is 11.8. The van der Waals surface area contributed by atoms with E-state index in [0.29, 0.717) is 11.6 Å². The first-order valence-electron chi connectivity index (χ1n) is 6.67. The molecule has 0 aliphatic rings. The van der Waals surface area contributed by atoms with E-state index in [-0.39, 0.29) is 0 Å². The standard InChI is InChI=1S/C17H13BrClNO2/c1-21-12-4-2-11(3-5-12)10-22-17-9-16-13(8-14(17)18)15(19)6-7-20-16/h2-9H,10H2,1H3. The van der Waals surface area contributed by atoms with Crippen LogP contribution < -0.4 is 9.47 Å². The third-order valence-corrected chi connectivity index (χ3v) is 4.24. The van der Waals surface area contributed by atoms with Crippen molar-refractivity contribution >= 4 is 38.4 Å². The summed E-state index contributed by atoms with van der Waals surface area (Å²) in [6.45, 7) is 0.467. The quantitative estimate of drug-likeness (QED) is 0.622. The van der Waals surface area contributed by atoms with Crippen LogP contribution in [0.2, 0.25) is 5.02 Å². The lowest BCUT2D eigenvalue weighted by Crippen LogP contribution is -1.96. The van der Waals surface area contributed by atoms with Crippen molar-refractivity contribution in [2.45, 2.75) is 6.61 Å². The van der Waals surface area contributed by atoms with Gasteiger partial charge in [-0.05, 0) is 45.8 Å². The summed E-state index contributed by atoms with van der Waals surface area (Å²) in [6.07, 6.45) is 1.69. The Morgan fingerprint density at radius 1 is 1.14 bits per heavy atom. The number of rotatable bonds is 4. The Labute approximate surface area is 142 Å². The predicted octanol–water partition coefficient (Wildman–Crippen LogP) is 5.24. The Morgan fingerprint density at radius 3 is 2.64 bits per heavy atom. The molecular weight excluding hydrogens is 366 g/mol. The predicted molar refractivity (Wildman–Crippen MR) is 91.8 cm³/mol. The topological polar surface area (TPSA) is 31.4 Å². The van der Waals surface area contributed by atoms with E-state index < -0.39 is 0 Å². The van der Waals surface area contributed by atoms with Crippen molar-refractivity contribution in [2.24, 2.45) is 0 Å². The smallest absolute Gasteiger partial charge is 0.136 e. The number of hydrogen-bond donors (Lipinski definition) is 0. The minimum Gasteiger partial charge on any atom is -0.497 e. The summed E-state index contributed by atoms with van der Waals surface area (Å²) in [6, 6.07) is 13.4. The molecule has 22 heavy (non-hydrogen) atoms. The van der Waals surface area contributed by atoms with Crippen LogP contribution in [0.15, 0.2) is 53.1 Å². The van der Waals surface area contributed by atoms with Gasteiger partial charge in [0.25, 0.3) is 0 Å². The molecule has 112 valence electrons. The maximum Gasteiger partial charge on any atom is 0.136 e. The highest BCUT2D eigenvalue weighted by atomic mass is 79.9. The Morgan fingerprint density at radius 2 is 1.91 bits per heavy atom. The Bertz CT molecular complexity index is 806. The average Bonchev–Trinajstić information content (AvgIpc) is 2.54. The molecule has 1 heterocycles. The molecule has 0 radical (unpaired) electrons. The normalized spacial score (nSPS) is 10.7. The van der Waals surface area contributed by atoms with Crippen molar-refractivity contribution in [1.29, 1.82) is 0 Å². The van der Waals surface area contributed by atoms with E-state index >= 15 is 0 Å². The van der Waals surface area contributed by atoms with E-state index in [0.717, 1.165) is 32.4 Å². The van der Waals surface area contributed by atoms with Gasteiger partial charge in [-0.15, -0.1) is 0 Å². The van der Waals surface area contributed by atoms with Gasteiger partial charge in [-0.25, -0.2) is 0 Å². The zero-order valence-corrected chi connectivity index (χ0v) is 14.2. The van der Waals surface area contributed by atoms with Crippen LogP contribution in [0.1, 0.15) is 5.56 Å². The molecule has 0 aliphatic carbocycles. The molecule has 2 aromatic carbocycles. The van der Waals surface area contributed by atoms with E-state index in [1.807, 2.05) is 36.4 Å². The summed E-state index contributed by atoms with van der Waals surface area (Å²) in [5, 5.41) is 1.57. The largest absolute Gasteiger partial charge is 0.497 e. The second-order valence-corrected chi connectivity index (χ2v) is 5.99. The van der Waals surface area contributed by atoms with Gasteiger partial charge in [0.1, 0.15) is 18.1 Å². The highest BCUT2D eigenvalue weighted by Gasteiger charge is 2.08. The van der Waals surface area contributed by atoms with Crippen molar-refractivity contribution in [3.63, 3.8) is 0 Å². The van der Waals surface area contributed by atoms with Crippen LogP contribution in [0.5, 0.6) is 11.5 Å². The Hall–Kier alpha value is -1.78. The Kier molecular flexibility index (Phi) is 4.50. The van der Waals surface area contributed by atoms with Gasteiger partial charge in [0, 0.05) is 17.6 Å². The Balaban J connectivity index is 1.82. The molecule has 0 saturated carbocycles. The van der Waals surface area contributed by atoms with Gasteiger partial charge in [0.05, 0.1) is 22.1 Å². The molecule has 1 aromatic heterocycles. The number of halogens is 2. The van der Waals surface area contributed by atoms with E-state index in [2.05, 4.69) is 20.9 Å². The molecule has 3 nitrogen and oxygen atoms in total. The third-order valence-electron chi connectivity index (χ3n) is 3.30. The monoisotopic (exact) mass is 377 g/mol. The van der Waals surface area contributed by atoms with E-state index in [1.165, 1.54) is 0 Å². The molecule has 0 bridgehead atoms. The van der Waals surface area contributed by atoms with Gasteiger partial charge in [-0.1, -0.05) is 23.7 Å². The first-order valence-corrected chi connectivity index (χ1v) is 7.84. The highest BCUT2D eigenvalue weighted by molar-refractivity contribution is 9.10. The highest BCUT2D eigenvalue weighted by Crippen LogP contribution is 2.33. The van der Waals surface area contributed by atoms with Gasteiger partial charge in [-0.3, -0.25) is 4.98 Å². The molecule has 0 unspecified atom stereocenters. The number of fused-ring (bicyclic) bond motifs is 1. The van der Waals surface area contributed by atoms with Gasteiger partial charge < -0.3 is 9.47 Å².